The fourth-order valence-corrected chi connectivity index (χ4v) is 3.99. The summed E-state index contributed by atoms with van der Waals surface area (Å²) in [6.45, 7) is 4.65. The Hall–Kier alpha value is -0.980. The predicted molar refractivity (Wildman–Crippen MR) is 78.4 cm³/mol. The molecule has 0 amide bonds. The van der Waals surface area contributed by atoms with E-state index in [9.17, 15) is 8.42 Å². The summed E-state index contributed by atoms with van der Waals surface area (Å²) in [6, 6.07) is 3.22. The van der Waals surface area contributed by atoms with Gasteiger partial charge in [-0.05, 0) is 29.9 Å². The van der Waals surface area contributed by atoms with Crippen LogP contribution in [0.5, 0.6) is 0 Å². The average Bonchev–Trinajstić information content (AvgIpc) is 2.44. The number of rotatable bonds is 4. The Kier molecular flexibility index (Phi) is 4.78. The first-order chi connectivity index (χ1) is 9.44. The van der Waals surface area contributed by atoms with Crippen molar-refractivity contribution < 1.29 is 8.42 Å². The van der Waals surface area contributed by atoms with Gasteiger partial charge in [0, 0.05) is 18.8 Å². The van der Waals surface area contributed by atoms with Gasteiger partial charge in [0.2, 0.25) is 0 Å². The molecule has 3 N–H and O–H groups in total. The molecule has 1 aromatic rings. The maximum Gasteiger partial charge on any atom is 0.258 e. The van der Waals surface area contributed by atoms with Crippen molar-refractivity contribution in [2.75, 3.05) is 0 Å². The number of aromatic nitrogens is 1. The molecule has 3 atom stereocenters. The van der Waals surface area contributed by atoms with Crippen LogP contribution >= 0.6 is 0 Å². The summed E-state index contributed by atoms with van der Waals surface area (Å²) >= 11 is 0. The van der Waals surface area contributed by atoms with Gasteiger partial charge in [0.1, 0.15) is 0 Å². The molecule has 1 aliphatic carbocycles. The van der Waals surface area contributed by atoms with E-state index in [0.717, 1.165) is 18.4 Å². The standard InChI is InChI=1S/C14H23N3O2S/c1-10-4-3-5-13(11(10)2)17-20(18,19)14-7-6-12(8-15)9-16-14/h6-7,9-11,13,17H,3-5,8,15H2,1-2H3. The first-order valence-electron chi connectivity index (χ1n) is 7.11. The minimum Gasteiger partial charge on any atom is -0.326 e. The Morgan fingerprint density at radius 1 is 1.35 bits per heavy atom. The highest BCUT2D eigenvalue weighted by Crippen LogP contribution is 2.30. The van der Waals surface area contributed by atoms with Gasteiger partial charge in [-0.15, -0.1) is 0 Å². The Morgan fingerprint density at radius 2 is 2.10 bits per heavy atom. The van der Waals surface area contributed by atoms with E-state index in [0.29, 0.717) is 18.4 Å². The van der Waals surface area contributed by atoms with E-state index in [4.69, 9.17) is 5.73 Å². The highest BCUT2D eigenvalue weighted by atomic mass is 32.2. The van der Waals surface area contributed by atoms with Crippen LogP contribution in [0.15, 0.2) is 23.4 Å². The van der Waals surface area contributed by atoms with Crippen LogP contribution in [0.2, 0.25) is 0 Å². The summed E-state index contributed by atoms with van der Waals surface area (Å²) in [6.07, 6.45) is 4.65. The number of hydrogen-bond donors (Lipinski definition) is 2. The molecular weight excluding hydrogens is 274 g/mol. The second-order valence-electron chi connectivity index (χ2n) is 5.70. The minimum absolute atomic E-state index is 0.000245. The van der Waals surface area contributed by atoms with Crippen molar-refractivity contribution in [2.24, 2.45) is 17.6 Å². The molecule has 5 nitrogen and oxygen atoms in total. The van der Waals surface area contributed by atoms with Crippen molar-refractivity contribution in [3.63, 3.8) is 0 Å². The first-order valence-corrected chi connectivity index (χ1v) is 8.59. The Bertz CT molecular complexity index is 542. The molecule has 3 unspecified atom stereocenters. The molecule has 2 rings (SSSR count). The maximum atomic E-state index is 12.3. The molecule has 6 heteroatoms. The summed E-state index contributed by atoms with van der Waals surface area (Å²) in [5.41, 5.74) is 6.31. The van der Waals surface area contributed by atoms with E-state index in [1.54, 1.807) is 6.07 Å². The zero-order chi connectivity index (χ0) is 14.8. The van der Waals surface area contributed by atoms with E-state index < -0.39 is 10.0 Å². The molecule has 0 spiro atoms. The van der Waals surface area contributed by atoms with E-state index in [1.807, 2.05) is 0 Å². The number of hydrogen-bond acceptors (Lipinski definition) is 4. The predicted octanol–water partition coefficient (Wildman–Crippen LogP) is 1.64. The largest absolute Gasteiger partial charge is 0.326 e. The van der Waals surface area contributed by atoms with E-state index in [2.05, 4.69) is 23.6 Å². The summed E-state index contributed by atoms with van der Waals surface area (Å²) in [5.74, 6) is 0.894. The SMILES string of the molecule is CC1CCCC(NS(=O)(=O)c2ccc(CN)cn2)C1C. The summed E-state index contributed by atoms with van der Waals surface area (Å²) in [7, 11) is -3.54. The van der Waals surface area contributed by atoms with E-state index in [1.165, 1.54) is 18.7 Å². The maximum absolute atomic E-state index is 12.3. The first kappa shape index (κ1) is 15.4. The van der Waals surface area contributed by atoms with Crippen LogP contribution in [0.4, 0.5) is 0 Å². The Balaban J connectivity index is 2.13. The van der Waals surface area contributed by atoms with Crippen LogP contribution in [0.25, 0.3) is 0 Å². The number of nitrogens with two attached hydrogens (primary N) is 1. The minimum atomic E-state index is -3.54. The van der Waals surface area contributed by atoms with Crippen LogP contribution < -0.4 is 10.5 Å². The molecule has 0 bridgehead atoms. The van der Waals surface area contributed by atoms with Crippen molar-refractivity contribution in [2.45, 2.75) is 50.7 Å². The lowest BCUT2D eigenvalue weighted by Crippen LogP contribution is -2.43. The van der Waals surface area contributed by atoms with Gasteiger partial charge >= 0.3 is 0 Å². The van der Waals surface area contributed by atoms with Crippen LogP contribution in [0, 0.1) is 11.8 Å². The highest BCUT2D eigenvalue weighted by molar-refractivity contribution is 7.89. The molecule has 20 heavy (non-hydrogen) atoms. The highest BCUT2D eigenvalue weighted by Gasteiger charge is 2.31. The molecule has 0 radical (unpaired) electrons. The molecule has 1 heterocycles. The molecule has 0 aliphatic heterocycles. The Labute approximate surface area is 121 Å². The third-order valence-corrected chi connectivity index (χ3v) is 5.73. The lowest BCUT2D eigenvalue weighted by molar-refractivity contribution is 0.227. The van der Waals surface area contributed by atoms with Gasteiger partial charge in [-0.1, -0.05) is 32.8 Å². The molecule has 0 aromatic carbocycles. The van der Waals surface area contributed by atoms with Crippen LogP contribution in [-0.4, -0.2) is 19.4 Å². The molecule has 1 saturated carbocycles. The van der Waals surface area contributed by atoms with Crippen molar-refractivity contribution in [1.82, 2.24) is 9.71 Å². The van der Waals surface area contributed by atoms with Gasteiger partial charge in [0.15, 0.2) is 5.03 Å². The summed E-state index contributed by atoms with van der Waals surface area (Å²) in [4.78, 5) is 4.00. The molecule has 0 saturated heterocycles. The van der Waals surface area contributed by atoms with Gasteiger partial charge < -0.3 is 5.73 Å². The molecular formula is C14H23N3O2S. The fraction of sp³-hybridized carbons (Fsp3) is 0.643. The molecule has 1 aliphatic rings. The van der Waals surface area contributed by atoms with Crippen LogP contribution in [0.1, 0.15) is 38.7 Å². The fourth-order valence-electron chi connectivity index (χ4n) is 2.70. The van der Waals surface area contributed by atoms with Crippen LogP contribution in [0.3, 0.4) is 0 Å². The molecule has 112 valence electrons. The summed E-state index contributed by atoms with van der Waals surface area (Å²) in [5, 5.41) is 0.0696. The summed E-state index contributed by atoms with van der Waals surface area (Å²) < 4.78 is 27.5. The third-order valence-electron chi connectivity index (χ3n) is 4.32. The van der Waals surface area contributed by atoms with Crippen LogP contribution in [-0.2, 0) is 16.6 Å². The van der Waals surface area contributed by atoms with Crippen molar-refractivity contribution in [3.05, 3.63) is 23.9 Å². The van der Waals surface area contributed by atoms with Gasteiger partial charge in [-0.3, -0.25) is 0 Å². The van der Waals surface area contributed by atoms with Gasteiger partial charge in [-0.25, -0.2) is 18.1 Å². The number of pyridine rings is 1. The van der Waals surface area contributed by atoms with Gasteiger partial charge in [0.25, 0.3) is 10.0 Å². The average molecular weight is 297 g/mol. The second-order valence-corrected chi connectivity index (χ2v) is 7.36. The van der Waals surface area contributed by atoms with Crippen molar-refractivity contribution in [3.8, 4) is 0 Å². The van der Waals surface area contributed by atoms with Gasteiger partial charge in [0.05, 0.1) is 0 Å². The van der Waals surface area contributed by atoms with Gasteiger partial charge in [-0.2, -0.15) is 0 Å². The normalized spacial score (nSPS) is 27.4. The number of nitrogens with one attached hydrogen (secondary N) is 1. The van der Waals surface area contributed by atoms with E-state index in [-0.39, 0.29) is 11.1 Å². The lowest BCUT2D eigenvalue weighted by Gasteiger charge is -2.34. The quantitative estimate of drug-likeness (QED) is 0.885. The zero-order valence-electron chi connectivity index (χ0n) is 12.0. The number of nitrogens with zero attached hydrogens (tertiary/aromatic N) is 1. The topological polar surface area (TPSA) is 85.1 Å². The van der Waals surface area contributed by atoms with Crippen molar-refractivity contribution >= 4 is 10.0 Å². The zero-order valence-corrected chi connectivity index (χ0v) is 12.9. The van der Waals surface area contributed by atoms with Crippen molar-refractivity contribution in [1.29, 1.82) is 0 Å². The van der Waals surface area contributed by atoms with E-state index >= 15 is 0 Å². The molecule has 1 aromatic heterocycles. The molecule has 1 fully saturated rings. The second kappa shape index (κ2) is 6.20. The lowest BCUT2D eigenvalue weighted by atomic mass is 9.78. The smallest absolute Gasteiger partial charge is 0.258 e. The third kappa shape index (κ3) is 3.37. The Morgan fingerprint density at radius 3 is 2.70 bits per heavy atom. The monoisotopic (exact) mass is 297 g/mol. The number of sulfonamides is 1.